The molecule has 0 fully saturated rings. The van der Waals surface area contributed by atoms with E-state index in [0.29, 0.717) is 19.1 Å². The molecular formula is C25H29N3O3Si. The van der Waals surface area contributed by atoms with E-state index in [1.807, 2.05) is 59.2 Å². The van der Waals surface area contributed by atoms with Crippen LogP contribution in [0.3, 0.4) is 0 Å². The molecular weight excluding hydrogens is 418 g/mol. The third kappa shape index (κ3) is 5.18. The molecule has 0 radical (unpaired) electrons. The minimum Gasteiger partial charge on any atom is -0.410 e. The van der Waals surface area contributed by atoms with Crippen molar-refractivity contribution >= 4 is 20.2 Å². The Morgan fingerprint density at radius 2 is 1.72 bits per heavy atom. The van der Waals surface area contributed by atoms with Crippen molar-refractivity contribution < 1.29 is 14.3 Å². The van der Waals surface area contributed by atoms with E-state index in [4.69, 9.17) is 9.47 Å². The van der Waals surface area contributed by atoms with E-state index in [1.165, 1.54) is 0 Å². The maximum atomic E-state index is 13.2. The van der Waals surface area contributed by atoms with Gasteiger partial charge in [-0.25, -0.2) is 9.78 Å². The Morgan fingerprint density at radius 3 is 2.41 bits per heavy atom. The van der Waals surface area contributed by atoms with Crippen LogP contribution >= 0.6 is 0 Å². The molecule has 1 amide bonds. The van der Waals surface area contributed by atoms with Crippen LogP contribution in [0, 0.1) is 0 Å². The number of para-hydroxylation sites is 1. The van der Waals surface area contributed by atoms with Crippen molar-refractivity contribution in [3.8, 4) is 5.75 Å². The van der Waals surface area contributed by atoms with E-state index < -0.39 is 14.2 Å². The van der Waals surface area contributed by atoms with Gasteiger partial charge < -0.3 is 14.0 Å². The molecule has 1 atom stereocenters. The van der Waals surface area contributed by atoms with Gasteiger partial charge in [-0.3, -0.25) is 4.90 Å². The lowest BCUT2D eigenvalue weighted by Gasteiger charge is -2.32. The first-order chi connectivity index (χ1) is 15.4. The van der Waals surface area contributed by atoms with Gasteiger partial charge in [-0.15, -0.1) is 0 Å². The third-order valence-corrected chi connectivity index (χ3v) is 7.04. The summed E-state index contributed by atoms with van der Waals surface area (Å²) in [6.07, 6.45) is 4.93. The largest absolute Gasteiger partial charge is 0.420 e. The molecule has 0 aliphatic carbocycles. The molecule has 0 spiro atoms. The van der Waals surface area contributed by atoms with Crippen molar-refractivity contribution in [1.29, 1.82) is 0 Å². The number of hydrogen-bond acceptors (Lipinski definition) is 4. The average Bonchev–Trinajstić information content (AvgIpc) is 3.20. The first kappa shape index (κ1) is 22.0. The zero-order valence-electron chi connectivity index (χ0n) is 18.8. The quantitative estimate of drug-likeness (QED) is 0.341. The molecule has 2 aromatic carbocycles. The fourth-order valence-electron chi connectivity index (χ4n) is 3.61. The second kappa shape index (κ2) is 9.54. The number of ether oxygens (including phenoxy) is 2. The fraction of sp³-hybridized carbons (Fsp3) is 0.280. The summed E-state index contributed by atoms with van der Waals surface area (Å²) in [5.41, 5.74) is 2.72. The monoisotopic (exact) mass is 447 g/mol. The number of rotatable bonds is 7. The van der Waals surface area contributed by atoms with Gasteiger partial charge in [0, 0.05) is 20.9 Å². The van der Waals surface area contributed by atoms with Crippen LogP contribution in [0.25, 0.3) is 6.08 Å². The van der Waals surface area contributed by atoms with Crippen LogP contribution in [0.1, 0.15) is 23.0 Å². The maximum absolute atomic E-state index is 13.2. The zero-order chi connectivity index (χ0) is 22.6. The Balaban J connectivity index is 1.61. The van der Waals surface area contributed by atoms with Gasteiger partial charge in [0.05, 0.1) is 17.7 Å². The molecule has 1 unspecified atom stereocenters. The molecule has 32 heavy (non-hydrogen) atoms. The lowest BCUT2D eigenvalue weighted by atomic mass is 9.98. The molecule has 1 aromatic heterocycles. The van der Waals surface area contributed by atoms with Crippen molar-refractivity contribution in [2.24, 2.45) is 0 Å². The van der Waals surface area contributed by atoms with Gasteiger partial charge in [0.15, 0.2) is 0 Å². The normalized spacial score (nSPS) is 15.5. The first-order valence-corrected chi connectivity index (χ1v) is 14.5. The van der Waals surface area contributed by atoms with Crippen molar-refractivity contribution in [3.05, 3.63) is 90.1 Å². The zero-order valence-corrected chi connectivity index (χ0v) is 19.8. The van der Waals surface area contributed by atoms with Gasteiger partial charge in [0.25, 0.3) is 0 Å². The third-order valence-electron chi connectivity index (χ3n) is 5.34. The molecule has 6 nitrogen and oxygen atoms in total. The highest BCUT2D eigenvalue weighted by atomic mass is 28.3. The first-order valence-electron chi connectivity index (χ1n) is 10.8. The topological polar surface area (TPSA) is 56.6 Å². The molecule has 0 saturated carbocycles. The smallest absolute Gasteiger partial charge is 0.410 e. The minimum absolute atomic E-state index is 0.365. The Bertz CT molecular complexity index is 1070. The summed E-state index contributed by atoms with van der Waals surface area (Å²) in [6, 6.07) is 19.8. The van der Waals surface area contributed by atoms with Gasteiger partial charge in [0.2, 0.25) is 0 Å². The summed E-state index contributed by atoms with van der Waals surface area (Å²) in [6.45, 7) is 8.12. The van der Waals surface area contributed by atoms with Gasteiger partial charge in [-0.2, -0.15) is 0 Å². The number of imidazole rings is 1. The molecule has 0 bridgehead atoms. The summed E-state index contributed by atoms with van der Waals surface area (Å²) in [4.78, 5) is 19.3. The minimum atomic E-state index is -1.17. The van der Waals surface area contributed by atoms with E-state index in [0.717, 1.165) is 23.0 Å². The molecule has 0 N–H and O–H groups in total. The Morgan fingerprint density at radius 1 is 1.03 bits per heavy atom. The van der Waals surface area contributed by atoms with Crippen LogP contribution in [-0.2, 0) is 11.5 Å². The molecule has 4 rings (SSSR count). The summed E-state index contributed by atoms with van der Waals surface area (Å²) in [7, 11) is -1.17. The van der Waals surface area contributed by atoms with Gasteiger partial charge >= 0.3 is 6.09 Å². The number of aromatic nitrogens is 2. The highest BCUT2D eigenvalue weighted by Crippen LogP contribution is 2.36. The van der Waals surface area contributed by atoms with Crippen LogP contribution in [-0.4, -0.2) is 35.2 Å². The highest BCUT2D eigenvalue weighted by Gasteiger charge is 2.34. The number of carbonyl (C=O) groups is 1. The van der Waals surface area contributed by atoms with Crippen LogP contribution < -0.4 is 4.74 Å². The average molecular weight is 448 g/mol. The standard InChI is InChI=1S/C25H29N3O3Si/c1-32(2,3)17-16-30-19-27-18-26-22-14-15-28(25(29)31-21-12-8-5-9-13-21)23(24(22)27)20-10-6-4-7-11-20/h4-15,18,23H,16-17,19H2,1-3H3. The molecule has 7 heteroatoms. The maximum Gasteiger partial charge on any atom is 0.420 e. The summed E-state index contributed by atoms with van der Waals surface area (Å²) in [5.74, 6) is 0.506. The number of carbonyl (C=O) groups excluding carboxylic acids is 1. The molecule has 166 valence electrons. The van der Waals surface area contributed by atoms with Crippen LogP contribution in [0.15, 0.2) is 73.2 Å². The highest BCUT2D eigenvalue weighted by molar-refractivity contribution is 6.76. The number of fused-ring (bicyclic) bond motifs is 1. The van der Waals surface area contributed by atoms with Crippen LogP contribution in [0.4, 0.5) is 4.79 Å². The van der Waals surface area contributed by atoms with Crippen molar-refractivity contribution in [1.82, 2.24) is 14.5 Å². The van der Waals surface area contributed by atoms with Gasteiger partial charge in [0.1, 0.15) is 18.5 Å². The van der Waals surface area contributed by atoms with E-state index >= 15 is 0 Å². The molecule has 0 saturated heterocycles. The van der Waals surface area contributed by atoms with E-state index in [9.17, 15) is 4.79 Å². The SMILES string of the molecule is C[Si](C)(C)CCOCn1cnc2c1C(c1ccccc1)N(C(=O)Oc1ccccc1)C=C2. The Kier molecular flexibility index (Phi) is 6.57. The van der Waals surface area contributed by atoms with Crippen LogP contribution in [0.2, 0.25) is 25.7 Å². The fourth-order valence-corrected chi connectivity index (χ4v) is 4.36. The van der Waals surface area contributed by atoms with E-state index in [1.54, 1.807) is 29.6 Å². The molecule has 2 heterocycles. The second-order valence-electron chi connectivity index (χ2n) is 9.05. The van der Waals surface area contributed by atoms with Crippen molar-refractivity contribution in [2.75, 3.05) is 6.61 Å². The molecule has 1 aliphatic rings. The van der Waals surface area contributed by atoms with Crippen molar-refractivity contribution in [3.63, 3.8) is 0 Å². The Labute approximate surface area is 190 Å². The molecule has 3 aromatic rings. The van der Waals surface area contributed by atoms with Gasteiger partial charge in [-0.05, 0) is 29.8 Å². The Hall–Kier alpha value is -3.16. The van der Waals surface area contributed by atoms with Gasteiger partial charge in [-0.1, -0.05) is 68.2 Å². The van der Waals surface area contributed by atoms with E-state index in [-0.39, 0.29) is 6.04 Å². The number of nitrogens with zero attached hydrogens (tertiary/aromatic N) is 3. The number of amides is 1. The molecule has 1 aliphatic heterocycles. The summed E-state index contributed by atoms with van der Waals surface area (Å²) in [5, 5.41) is 0. The van der Waals surface area contributed by atoms with E-state index in [2.05, 4.69) is 24.6 Å². The lowest BCUT2D eigenvalue weighted by molar-refractivity contribution is 0.0825. The van der Waals surface area contributed by atoms with Crippen LogP contribution in [0.5, 0.6) is 5.75 Å². The predicted octanol–water partition coefficient (Wildman–Crippen LogP) is 5.77. The van der Waals surface area contributed by atoms with Crippen molar-refractivity contribution in [2.45, 2.75) is 38.5 Å². The predicted molar refractivity (Wildman–Crippen MR) is 128 cm³/mol. The number of benzene rings is 2. The summed E-state index contributed by atoms with van der Waals surface area (Å²) >= 11 is 0. The number of hydrogen-bond donors (Lipinski definition) is 0. The summed E-state index contributed by atoms with van der Waals surface area (Å²) < 4.78 is 13.6. The lowest BCUT2D eigenvalue weighted by Crippen LogP contribution is -2.36. The second-order valence-corrected chi connectivity index (χ2v) is 14.7.